The first kappa shape index (κ1) is 20.4. The smallest absolute Gasteiger partial charge is 0.225 e. The zero-order chi connectivity index (χ0) is 21.9. The molecule has 164 valence electrons. The number of morpholine rings is 1. The summed E-state index contributed by atoms with van der Waals surface area (Å²) in [6.45, 7) is 6.47. The fraction of sp³-hybridized carbons (Fsp3) is 0.435. The Morgan fingerprint density at radius 1 is 1.09 bits per heavy atom. The molecule has 0 unspecified atom stereocenters. The van der Waals surface area contributed by atoms with E-state index in [0.29, 0.717) is 24.5 Å². The normalized spacial score (nSPS) is 17.4. The van der Waals surface area contributed by atoms with E-state index in [-0.39, 0.29) is 5.92 Å². The minimum absolute atomic E-state index is 0.253. The molecule has 32 heavy (non-hydrogen) atoms. The molecule has 2 fully saturated rings. The number of ether oxygens (including phenoxy) is 1. The molecule has 0 N–H and O–H groups in total. The van der Waals surface area contributed by atoms with Crippen LogP contribution in [0, 0.1) is 18.3 Å². The Morgan fingerprint density at radius 3 is 2.62 bits per heavy atom. The van der Waals surface area contributed by atoms with Crippen LogP contribution in [0.3, 0.4) is 0 Å². The summed E-state index contributed by atoms with van der Waals surface area (Å²) in [6, 6.07) is 7.80. The van der Waals surface area contributed by atoms with Crippen LogP contribution in [-0.2, 0) is 4.74 Å². The second kappa shape index (κ2) is 8.93. The second-order valence-corrected chi connectivity index (χ2v) is 8.15. The number of piperidine rings is 1. The number of nitriles is 1. The lowest BCUT2D eigenvalue weighted by atomic mass is 9.90. The van der Waals surface area contributed by atoms with Crippen molar-refractivity contribution < 1.29 is 9.26 Å². The predicted octanol–water partition coefficient (Wildman–Crippen LogP) is 2.93. The molecule has 9 nitrogen and oxygen atoms in total. The molecule has 0 aliphatic carbocycles. The Labute approximate surface area is 186 Å². The fourth-order valence-corrected chi connectivity index (χ4v) is 4.39. The summed E-state index contributed by atoms with van der Waals surface area (Å²) in [7, 11) is 0. The first-order valence-electron chi connectivity index (χ1n) is 11.0. The lowest BCUT2D eigenvalue weighted by Gasteiger charge is -2.34. The molecule has 0 spiro atoms. The van der Waals surface area contributed by atoms with E-state index in [2.05, 4.69) is 31.0 Å². The molecular weight excluding hydrogens is 406 g/mol. The molecule has 0 bridgehead atoms. The molecule has 3 aromatic rings. The maximum atomic E-state index is 9.43. The van der Waals surface area contributed by atoms with Crippen LogP contribution in [0.25, 0.3) is 11.3 Å². The van der Waals surface area contributed by atoms with E-state index in [9.17, 15) is 5.26 Å². The van der Waals surface area contributed by atoms with Gasteiger partial charge in [0, 0.05) is 50.6 Å². The van der Waals surface area contributed by atoms with E-state index in [4.69, 9.17) is 14.2 Å². The molecule has 2 saturated heterocycles. The summed E-state index contributed by atoms with van der Waals surface area (Å²) in [5, 5.41) is 13.5. The van der Waals surface area contributed by atoms with Crippen LogP contribution in [-0.4, -0.2) is 59.5 Å². The van der Waals surface area contributed by atoms with Crippen LogP contribution in [0.1, 0.15) is 35.7 Å². The summed E-state index contributed by atoms with van der Waals surface area (Å²) in [6.07, 6.45) is 5.42. The number of hydrogen-bond donors (Lipinski definition) is 0. The lowest BCUT2D eigenvalue weighted by molar-refractivity contribution is 0.122. The van der Waals surface area contributed by atoms with E-state index in [1.807, 2.05) is 25.3 Å². The molecule has 2 aliphatic rings. The number of anilines is 2. The first-order chi connectivity index (χ1) is 15.7. The molecule has 0 radical (unpaired) electrons. The third-order valence-corrected chi connectivity index (χ3v) is 6.08. The van der Waals surface area contributed by atoms with Gasteiger partial charge in [0.05, 0.1) is 35.7 Å². The standard InChI is InChI=1S/C23H25N7O2/c1-16-13-20(32-28-16)19-15-26-23(30-9-11-31-12-10-30)27-21(19)17-4-7-29(8-5-17)22-18(14-24)3-2-6-25-22/h2-3,6,13,15,17H,4-5,7-12H2,1H3. The van der Waals surface area contributed by atoms with Gasteiger partial charge in [-0.1, -0.05) is 5.16 Å². The number of pyridine rings is 1. The van der Waals surface area contributed by atoms with Crippen molar-refractivity contribution in [3.05, 3.63) is 47.5 Å². The monoisotopic (exact) mass is 431 g/mol. The zero-order valence-electron chi connectivity index (χ0n) is 18.1. The van der Waals surface area contributed by atoms with Gasteiger partial charge in [-0.15, -0.1) is 0 Å². The second-order valence-electron chi connectivity index (χ2n) is 8.15. The van der Waals surface area contributed by atoms with Crippen LogP contribution in [0.5, 0.6) is 0 Å². The molecule has 9 heteroatoms. The molecule has 0 amide bonds. The number of nitrogens with zero attached hydrogens (tertiary/aromatic N) is 7. The maximum Gasteiger partial charge on any atom is 0.225 e. The van der Waals surface area contributed by atoms with Gasteiger partial charge in [-0.3, -0.25) is 0 Å². The highest BCUT2D eigenvalue weighted by molar-refractivity contribution is 5.62. The van der Waals surface area contributed by atoms with Gasteiger partial charge in [-0.25, -0.2) is 15.0 Å². The predicted molar refractivity (Wildman–Crippen MR) is 118 cm³/mol. The van der Waals surface area contributed by atoms with Gasteiger partial charge in [0.2, 0.25) is 5.95 Å². The SMILES string of the molecule is Cc1cc(-c2cnc(N3CCOCC3)nc2C2CCN(c3ncccc3C#N)CC2)on1. The maximum absolute atomic E-state index is 9.43. The highest BCUT2D eigenvalue weighted by Gasteiger charge is 2.28. The van der Waals surface area contributed by atoms with Gasteiger partial charge in [0.25, 0.3) is 0 Å². The number of aryl methyl sites for hydroxylation is 1. The molecule has 0 atom stereocenters. The number of aromatic nitrogens is 4. The summed E-state index contributed by atoms with van der Waals surface area (Å²) in [5.41, 5.74) is 3.34. The van der Waals surface area contributed by atoms with Crippen molar-refractivity contribution in [2.24, 2.45) is 0 Å². The third kappa shape index (κ3) is 4.01. The summed E-state index contributed by atoms with van der Waals surface area (Å²) >= 11 is 0. The minimum atomic E-state index is 0.253. The van der Waals surface area contributed by atoms with E-state index in [0.717, 1.165) is 67.7 Å². The van der Waals surface area contributed by atoms with Crippen molar-refractivity contribution in [1.29, 1.82) is 5.26 Å². The fourth-order valence-electron chi connectivity index (χ4n) is 4.39. The van der Waals surface area contributed by atoms with Gasteiger partial charge < -0.3 is 19.1 Å². The molecule has 2 aliphatic heterocycles. The van der Waals surface area contributed by atoms with Crippen molar-refractivity contribution in [2.75, 3.05) is 49.2 Å². The molecule has 0 saturated carbocycles. The highest BCUT2D eigenvalue weighted by atomic mass is 16.5. The summed E-state index contributed by atoms with van der Waals surface area (Å²) in [4.78, 5) is 18.5. The van der Waals surface area contributed by atoms with E-state index < -0.39 is 0 Å². The van der Waals surface area contributed by atoms with Gasteiger partial charge in [0.1, 0.15) is 11.9 Å². The van der Waals surface area contributed by atoms with Gasteiger partial charge in [0.15, 0.2) is 5.76 Å². The number of rotatable bonds is 4. The summed E-state index contributed by atoms with van der Waals surface area (Å²) in [5.74, 6) is 2.45. The lowest BCUT2D eigenvalue weighted by Crippen LogP contribution is -2.38. The molecule has 5 heterocycles. The Hall–Kier alpha value is -3.51. The topological polar surface area (TPSA) is 104 Å². The van der Waals surface area contributed by atoms with E-state index >= 15 is 0 Å². The Morgan fingerprint density at radius 2 is 1.91 bits per heavy atom. The van der Waals surface area contributed by atoms with Crippen molar-refractivity contribution in [1.82, 2.24) is 20.1 Å². The molecule has 0 aromatic carbocycles. The number of hydrogen-bond acceptors (Lipinski definition) is 9. The Bertz CT molecular complexity index is 1130. The average Bonchev–Trinajstić information content (AvgIpc) is 3.30. The Balaban J connectivity index is 1.43. The largest absolute Gasteiger partial charge is 0.378 e. The minimum Gasteiger partial charge on any atom is -0.378 e. The van der Waals surface area contributed by atoms with Crippen LogP contribution in [0.2, 0.25) is 0 Å². The molecular formula is C23H25N7O2. The first-order valence-corrected chi connectivity index (χ1v) is 11.0. The third-order valence-electron chi connectivity index (χ3n) is 6.08. The van der Waals surface area contributed by atoms with Gasteiger partial charge in [-0.05, 0) is 31.9 Å². The summed E-state index contributed by atoms with van der Waals surface area (Å²) < 4.78 is 11.0. The quantitative estimate of drug-likeness (QED) is 0.616. The van der Waals surface area contributed by atoms with Gasteiger partial charge in [-0.2, -0.15) is 5.26 Å². The van der Waals surface area contributed by atoms with Crippen molar-refractivity contribution in [3.63, 3.8) is 0 Å². The van der Waals surface area contributed by atoms with E-state index in [1.165, 1.54) is 0 Å². The van der Waals surface area contributed by atoms with Crippen LogP contribution in [0.4, 0.5) is 11.8 Å². The average molecular weight is 432 g/mol. The van der Waals surface area contributed by atoms with Crippen molar-refractivity contribution in [2.45, 2.75) is 25.7 Å². The van der Waals surface area contributed by atoms with Crippen LogP contribution < -0.4 is 9.80 Å². The van der Waals surface area contributed by atoms with Gasteiger partial charge >= 0.3 is 0 Å². The van der Waals surface area contributed by atoms with Crippen LogP contribution in [0.15, 0.2) is 35.1 Å². The highest BCUT2D eigenvalue weighted by Crippen LogP contribution is 2.36. The van der Waals surface area contributed by atoms with E-state index in [1.54, 1.807) is 12.3 Å². The molecule has 5 rings (SSSR count). The van der Waals surface area contributed by atoms with Crippen LogP contribution >= 0.6 is 0 Å². The van der Waals surface area contributed by atoms with Crippen molar-refractivity contribution >= 4 is 11.8 Å². The molecule has 3 aromatic heterocycles. The van der Waals surface area contributed by atoms with Crippen molar-refractivity contribution in [3.8, 4) is 17.4 Å². The zero-order valence-corrected chi connectivity index (χ0v) is 18.1. The Kier molecular flexibility index (Phi) is 5.69.